The van der Waals surface area contributed by atoms with E-state index in [9.17, 15) is 4.79 Å². The van der Waals surface area contributed by atoms with E-state index in [1.54, 1.807) is 30.7 Å². The average molecular weight is 242 g/mol. The summed E-state index contributed by atoms with van der Waals surface area (Å²) in [5, 5.41) is 2.30. The third-order valence-corrected chi connectivity index (χ3v) is 3.02. The Morgan fingerprint density at radius 3 is 2.80 bits per heavy atom. The molecule has 2 rings (SSSR count). The van der Waals surface area contributed by atoms with Gasteiger partial charge in [0.2, 0.25) is 0 Å². The van der Waals surface area contributed by atoms with Crippen molar-refractivity contribution in [1.82, 2.24) is 3.96 Å². The quantitative estimate of drug-likeness (QED) is 0.809. The third-order valence-electron chi connectivity index (χ3n) is 1.94. The molecular formula is C10H8ClNO2S. The number of methoxy groups -OCH3 is 1. The van der Waals surface area contributed by atoms with Gasteiger partial charge < -0.3 is 4.74 Å². The molecule has 0 saturated carbocycles. The SMILES string of the molecule is COc1ccc(Cl)cc1-n1sccc1=O. The molecule has 0 radical (unpaired) electrons. The van der Waals surface area contributed by atoms with Crippen LogP contribution in [0.15, 0.2) is 34.4 Å². The van der Waals surface area contributed by atoms with Crippen molar-refractivity contribution in [2.75, 3.05) is 7.11 Å². The summed E-state index contributed by atoms with van der Waals surface area (Å²) in [6.07, 6.45) is 0. The van der Waals surface area contributed by atoms with Crippen LogP contribution >= 0.6 is 23.1 Å². The van der Waals surface area contributed by atoms with Gasteiger partial charge in [0.15, 0.2) is 0 Å². The molecule has 1 aromatic heterocycles. The van der Waals surface area contributed by atoms with Gasteiger partial charge in [-0.2, -0.15) is 0 Å². The molecule has 1 heterocycles. The Bertz CT molecular complexity index is 532. The maximum Gasteiger partial charge on any atom is 0.265 e. The van der Waals surface area contributed by atoms with Gasteiger partial charge in [0.1, 0.15) is 11.4 Å². The minimum absolute atomic E-state index is 0.0828. The molecule has 3 nitrogen and oxygen atoms in total. The van der Waals surface area contributed by atoms with E-state index in [4.69, 9.17) is 16.3 Å². The monoisotopic (exact) mass is 241 g/mol. The van der Waals surface area contributed by atoms with Crippen LogP contribution in [0.4, 0.5) is 0 Å². The molecule has 0 fully saturated rings. The number of ether oxygens (including phenoxy) is 1. The zero-order chi connectivity index (χ0) is 10.8. The molecule has 15 heavy (non-hydrogen) atoms. The summed E-state index contributed by atoms with van der Waals surface area (Å²) < 4.78 is 6.70. The molecule has 1 aromatic carbocycles. The van der Waals surface area contributed by atoms with Crippen molar-refractivity contribution in [3.8, 4) is 11.4 Å². The maximum absolute atomic E-state index is 11.5. The highest BCUT2D eigenvalue weighted by Gasteiger charge is 2.08. The predicted molar refractivity (Wildman–Crippen MR) is 61.5 cm³/mol. The highest BCUT2D eigenvalue weighted by atomic mass is 35.5. The van der Waals surface area contributed by atoms with Crippen LogP contribution in [0.2, 0.25) is 5.02 Å². The molecular weight excluding hydrogens is 234 g/mol. The van der Waals surface area contributed by atoms with E-state index in [0.29, 0.717) is 16.5 Å². The van der Waals surface area contributed by atoms with Crippen LogP contribution in [0.5, 0.6) is 5.75 Å². The van der Waals surface area contributed by atoms with Crippen molar-refractivity contribution in [2.24, 2.45) is 0 Å². The molecule has 0 aliphatic heterocycles. The van der Waals surface area contributed by atoms with Crippen molar-refractivity contribution in [3.05, 3.63) is 45.0 Å². The lowest BCUT2D eigenvalue weighted by atomic mass is 10.3. The van der Waals surface area contributed by atoms with E-state index in [0.717, 1.165) is 0 Å². The fourth-order valence-electron chi connectivity index (χ4n) is 1.27. The van der Waals surface area contributed by atoms with Crippen LogP contribution in [0, 0.1) is 0 Å². The maximum atomic E-state index is 11.5. The summed E-state index contributed by atoms with van der Waals surface area (Å²) in [4.78, 5) is 11.5. The molecule has 0 aliphatic rings. The second-order valence-electron chi connectivity index (χ2n) is 2.86. The van der Waals surface area contributed by atoms with Gasteiger partial charge in [-0.1, -0.05) is 23.1 Å². The molecule has 0 bridgehead atoms. The Morgan fingerprint density at radius 1 is 1.40 bits per heavy atom. The second kappa shape index (κ2) is 4.08. The number of benzene rings is 1. The van der Waals surface area contributed by atoms with E-state index in [1.165, 1.54) is 21.6 Å². The van der Waals surface area contributed by atoms with Gasteiger partial charge in [-0.05, 0) is 18.2 Å². The van der Waals surface area contributed by atoms with Gasteiger partial charge in [0, 0.05) is 16.5 Å². The molecule has 78 valence electrons. The second-order valence-corrected chi connectivity index (χ2v) is 4.14. The minimum atomic E-state index is -0.0828. The van der Waals surface area contributed by atoms with Crippen molar-refractivity contribution in [1.29, 1.82) is 0 Å². The number of aromatic nitrogens is 1. The predicted octanol–water partition coefficient (Wildman–Crippen LogP) is 2.56. The van der Waals surface area contributed by atoms with Gasteiger partial charge in [-0.3, -0.25) is 4.79 Å². The van der Waals surface area contributed by atoms with E-state index in [-0.39, 0.29) is 5.56 Å². The van der Waals surface area contributed by atoms with Crippen LogP contribution in [0.1, 0.15) is 0 Å². The van der Waals surface area contributed by atoms with E-state index < -0.39 is 0 Å². The van der Waals surface area contributed by atoms with Crippen molar-refractivity contribution < 1.29 is 4.74 Å². The fraction of sp³-hybridized carbons (Fsp3) is 0.100. The van der Waals surface area contributed by atoms with Gasteiger partial charge in [-0.25, -0.2) is 3.96 Å². The molecule has 0 atom stereocenters. The summed E-state index contributed by atoms with van der Waals surface area (Å²) in [6, 6.07) is 6.68. The zero-order valence-electron chi connectivity index (χ0n) is 7.94. The van der Waals surface area contributed by atoms with Crippen LogP contribution in [-0.4, -0.2) is 11.1 Å². The summed E-state index contributed by atoms with van der Waals surface area (Å²) in [7, 11) is 1.56. The molecule has 0 unspecified atom stereocenters. The Balaban J connectivity index is 2.66. The molecule has 0 saturated heterocycles. The van der Waals surface area contributed by atoms with E-state index in [1.807, 2.05) is 0 Å². The highest BCUT2D eigenvalue weighted by molar-refractivity contribution is 7.04. The summed E-state index contributed by atoms with van der Waals surface area (Å²) in [5.74, 6) is 0.629. The topological polar surface area (TPSA) is 31.2 Å². The fourth-order valence-corrected chi connectivity index (χ4v) is 2.15. The first kappa shape index (κ1) is 10.3. The molecule has 0 N–H and O–H groups in total. The van der Waals surface area contributed by atoms with Crippen LogP contribution in [0.25, 0.3) is 5.69 Å². The molecule has 5 heteroatoms. The first-order valence-corrected chi connectivity index (χ1v) is 5.45. The Morgan fingerprint density at radius 2 is 2.20 bits per heavy atom. The van der Waals surface area contributed by atoms with Gasteiger partial charge in [0.25, 0.3) is 5.56 Å². The standard InChI is InChI=1S/C10H8ClNO2S/c1-14-9-3-2-7(11)6-8(9)12-10(13)4-5-15-12/h2-6H,1H3. The lowest BCUT2D eigenvalue weighted by molar-refractivity contribution is 0.413. The van der Waals surface area contributed by atoms with Crippen LogP contribution < -0.4 is 10.3 Å². The number of hydrogen-bond donors (Lipinski definition) is 0. The van der Waals surface area contributed by atoms with Crippen molar-refractivity contribution in [3.63, 3.8) is 0 Å². The summed E-state index contributed by atoms with van der Waals surface area (Å²) in [6.45, 7) is 0. The Kier molecular flexibility index (Phi) is 2.79. The smallest absolute Gasteiger partial charge is 0.265 e. The number of hydrogen-bond acceptors (Lipinski definition) is 3. The van der Waals surface area contributed by atoms with Crippen LogP contribution in [-0.2, 0) is 0 Å². The largest absolute Gasteiger partial charge is 0.495 e. The molecule has 2 aromatic rings. The Hall–Kier alpha value is -1.26. The van der Waals surface area contributed by atoms with E-state index >= 15 is 0 Å². The van der Waals surface area contributed by atoms with Crippen LogP contribution in [0.3, 0.4) is 0 Å². The van der Waals surface area contributed by atoms with Gasteiger partial charge >= 0.3 is 0 Å². The number of nitrogens with zero attached hydrogens (tertiary/aromatic N) is 1. The van der Waals surface area contributed by atoms with E-state index in [2.05, 4.69) is 0 Å². The number of halogens is 1. The van der Waals surface area contributed by atoms with Crippen molar-refractivity contribution >= 4 is 23.1 Å². The first-order valence-electron chi connectivity index (χ1n) is 4.23. The number of rotatable bonds is 2. The molecule has 0 aliphatic carbocycles. The summed E-state index contributed by atoms with van der Waals surface area (Å²) in [5.41, 5.74) is 0.588. The molecule has 0 spiro atoms. The van der Waals surface area contributed by atoms with Gasteiger partial charge in [0.05, 0.1) is 7.11 Å². The zero-order valence-corrected chi connectivity index (χ0v) is 9.51. The highest BCUT2D eigenvalue weighted by Crippen LogP contribution is 2.26. The lowest BCUT2D eigenvalue weighted by Gasteiger charge is -2.07. The van der Waals surface area contributed by atoms with Gasteiger partial charge in [-0.15, -0.1) is 0 Å². The minimum Gasteiger partial charge on any atom is -0.495 e. The third kappa shape index (κ3) is 1.91. The summed E-state index contributed by atoms with van der Waals surface area (Å²) >= 11 is 7.18. The normalized spacial score (nSPS) is 10.3. The first-order chi connectivity index (χ1) is 7.22. The average Bonchev–Trinajstić information content (AvgIpc) is 2.64. The lowest BCUT2D eigenvalue weighted by Crippen LogP contribution is -2.10. The molecule has 0 amide bonds. The van der Waals surface area contributed by atoms with Crippen molar-refractivity contribution in [2.45, 2.75) is 0 Å². The Labute approximate surface area is 95.6 Å².